The van der Waals surface area contributed by atoms with Gasteiger partial charge in [0.25, 0.3) is 0 Å². The van der Waals surface area contributed by atoms with Gasteiger partial charge in [0.05, 0.1) is 6.10 Å². The van der Waals surface area contributed by atoms with Crippen LogP contribution in [-0.4, -0.2) is 29.5 Å². The number of rotatable bonds is 5. The summed E-state index contributed by atoms with van der Waals surface area (Å²) in [6.45, 7) is 7.08. The number of nitrogens with one attached hydrogen (secondary N) is 2. The summed E-state index contributed by atoms with van der Waals surface area (Å²) in [6.07, 6.45) is -0.763. The van der Waals surface area contributed by atoms with Crippen LogP contribution >= 0.6 is 0 Å². The number of carbonyl (C=O) groups excluding carboxylic acids is 2. The highest BCUT2D eigenvalue weighted by atomic mass is 16.3. The molecule has 2 unspecified atom stereocenters. The van der Waals surface area contributed by atoms with Gasteiger partial charge in [0.1, 0.15) is 6.04 Å². The molecule has 0 spiro atoms. The van der Waals surface area contributed by atoms with Gasteiger partial charge < -0.3 is 15.7 Å². The largest absolute Gasteiger partial charge is 0.387 e. The smallest absolute Gasteiger partial charge is 0.242 e. The molecule has 1 aromatic rings. The topological polar surface area (TPSA) is 78.4 Å². The van der Waals surface area contributed by atoms with E-state index in [1.165, 1.54) is 0 Å². The van der Waals surface area contributed by atoms with E-state index in [1.54, 1.807) is 39.8 Å². The zero-order valence-electron chi connectivity index (χ0n) is 13.0. The summed E-state index contributed by atoms with van der Waals surface area (Å²) in [7, 11) is 0. The summed E-state index contributed by atoms with van der Waals surface area (Å²) >= 11 is 0. The first-order chi connectivity index (χ1) is 9.71. The van der Waals surface area contributed by atoms with Gasteiger partial charge in [-0.25, -0.2) is 0 Å². The van der Waals surface area contributed by atoms with Gasteiger partial charge in [-0.3, -0.25) is 9.59 Å². The Morgan fingerprint density at radius 2 is 1.76 bits per heavy atom. The molecule has 0 heterocycles. The van der Waals surface area contributed by atoms with Crippen LogP contribution in [0, 0.1) is 5.41 Å². The highest BCUT2D eigenvalue weighted by molar-refractivity contribution is 5.89. The normalized spacial score (nSPS) is 14.1. The second-order valence-corrected chi connectivity index (χ2v) is 6.12. The summed E-state index contributed by atoms with van der Waals surface area (Å²) in [5, 5.41) is 15.2. The van der Waals surface area contributed by atoms with E-state index in [2.05, 4.69) is 10.6 Å². The summed E-state index contributed by atoms with van der Waals surface area (Å²) in [6, 6.07) is 8.46. The Labute approximate surface area is 125 Å². The van der Waals surface area contributed by atoms with E-state index in [-0.39, 0.29) is 18.4 Å². The third-order valence-electron chi connectivity index (χ3n) is 3.08. The molecule has 1 rings (SSSR count). The van der Waals surface area contributed by atoms with Crippen molar-refractivity contribution in [3.8, 4) is 0 Å². The van der Waals surface area contributed by atoms with Crippen molar-refractivity contribution in [3.05, 3.63) is 35.9 Å². The Morgan fingerprint density at radius 1 is 1.19 bits per heavy atom. The van der Waals surface area contributed by atoms with Crippen LogP contribution in [0.15, 0.2) is 30.3 Å². The van der Waals surface area contributed by atoms with E-state index < -0.39 is 17.6 Å². The Morgan fingerprint density at radius 3 is 2.29 bits per heavy atom. The monoisotopic (exact) mass is 292 g/mol. The molecule has 2 atom stereocenters. The predicted molar refractivity (Wildman–Crippen MR) is 81.5 cm³/mol. The first kappa shape index (κ1) is 17.2. The average molecular weight is 292 g/mol. The Hall–Kier alpha value is -1.88. The molecule has 0 bridgehead atoms. The van der Waals surface area contributed by atoms with Crippen LogP contribution in [0.3, 0.4) is 0 Å². The van der Waals surface area contributed by atoms with Crippen molar-refractivity contribution < 1.29 is 14.7 Å². The second kappa shape index (κ2) is 7.22. The van der Waals surface area contributed by atoms with E-state index in [1.807, 2.05) is 18.2 Å². The third kappa shape index (κ3) is 5.55. The van der Waals surface area contributed by atoms with Crippen molar-refractivity contribution in [1.82, 2.24) is 10.6 Å². The molecule has 2 amide bonds. The Bertz CT molecular complexity index is 480. The molecule has 0 saturated heterocycles. The zero-order chi connectivity index (χ0) is 16.0. The summed E-state index contributed by atoms with van der Waals surface area (Å²) in [5.41, 5.74) is 0.196. The highest BCUT2D eigenvalue weighted by Crippen LogP contribution is 2.13. The minimum absolute atomic E-state index is 0.110. The molecule has 116 valence electrons. The number of carbonyl (C=O) groups is 2. The minimum Gasteiger partial charge on any atom is -0.387 e. The standard InChI is InChI=1S/C16H24N2O3/c1-11(18-15(21)16(2,3)4)14(20)17-10-13(19)12-8-6-5-7-9-12/h5-9,11,13,19H,10H2,1-4H3,(H,17,20)(H,18,21). The van der Waals surface area contributed by atoms with E-state index in [4.69, 9.17) is 0 Å². The molecule has 0 aliphatic rings. The minimum atomic E-state index is -0.763. The second-order valence-electron chi connectivity index (χ2n) is 6.12. The predicted octanol–water partition coefficient (Wildman–Crippen LogP) is 1.39. The van der Waals surface area contributed by atoms with E-state index in [0.717, 1.165) is 5.56 Å². The van der Waals surface area contributed by atoms with Gasteiger partial charge in [0.15, 0.2) is 0 Å². The first-order valence-electron chi connectivity index (χ1n) is 7.03. The number of hydrogen-bond donors (Lipinski definition) is 3. The van der Waals surface area contributed by atoms with Crippen LogP contribution in [-0.2, 0) is 9.59 Å². The molecule has 0 radical (unpaired) electrons. The van der Waals surface area contributed by atoms with Crippen LogP contribution in [0.1, 0.15) is 39.4 Å². The van der Waals surface area contributed by atoms with Gasteiger partial charge in [-0.1, -0.05) is 51.1 Å². The SMILES string of the molecule is CC(NC(=O)C(C)(C)C)C(=O)NCC(O)c1ccccc1. The van der Waals surface area contributed by atoms with Crippen LogP contribution in [0.4, 0.5) is 0 Å². The Kier molecular flexibility index (Phi) is 5.90. The van der Waals surface area contributed by atoms with Crippen LogP contribution in [0.2, 0.25) is 0 Å². The number of benzene rings is 1. The van der Waals surface area contributed by atoms with Crippen molar-refractivity contribution >= 4 is 11.8 Å². The van der Waals surface area contributed by atoms with Crippen LogP contribution in [0.25, 0.3) is 0 Å². The molecule has 5 nitrogen and oxygen atoms in total. The molecular formula is C16H24N2O3. The van der Waals surface area contributed by atoms with E-state index >= 15 is 0 Å². The van der Waals surface area contributed by atoms with Gasteiger partial charge in [0, 0.05) is 12.0 Å². The van der Waals surface area contributed by atoms with Crippen molar-refractivity contribution in [2.24, 2.45) is 5.41 Å². The molecular weight excluding hydrogens is 268 g/mol. The van der Waals surface area contributed by atoms with Gasteiger partial charge in [0.2, 0.25) is 11.8 Å². The van der Waals surface area contributed by atoms with Crippen LogP contribution in [0.5, 0.6) is 0 Å². The maximum Gasteiger partial charge on any atom is 0.242 e. The third-order valence-corrected chi connectivity index (χ3v) is 3.08. The summed E-state index contributed by atoms with van der Waals surface area (Å²) in [5.74, 6) is -0.503. The molecule has 0 saturated carbocycles. The number of hydrogen-bond acceptors (Lipinski definition) is 3. The van der Waals surface area contributed by atoms with E-state index in [0.29, 0.717) is 0 Å². The fraction of sp³-hybridized carbons (Fsp3) is 0.500. The average Bonchev–Trinajstić information content (AvgIpc) is 2.44. The molecule has 0 fully saturated rings. The number of amides is 2. The Balaban J connectivity index is 2.45. The quantitative estimate of drug-likeness (QED) is 0.767. The van der Waals surface area contributed by atoms with Crippen molar-refractivity contribution in [2.75, 3.05) is 6.54 Å². The molecule has 0 aromatic heterocycles. The van der Waals surface area contributed by atoms with Gasteiger partial charge in [-0.15, -0.1) is 0 Å². The molecule has 21 heavy (non-hydrogen) atoms. The lowest BCUT2D eigenvalue weighted by Gasteiger charge is -2.22. The maximum atomic E-state index is 11.9. The van der Waals surface area contributed by atoms with Gasteiger partial charge in [-0.05, 0) is 12.5 Å². The molecule has 1 aromatic carbocycles. The lowest BCUT2D eigenvalue weighted by atomic mass is 9.95. The fourth-order valence-corrected chi connectivity index (χ4v) is 1.62. The molecule has 0 aliphatic heterocycles. The highest BCUT2D eigenvalue weighted by Gasteiger charge is 2.25. The number of aliphatic hydroxyl groups excluding tert-OH is 1. The fourth-order valence-electron chi connectivity index (χ4n) is 1.62. The molecule has 3 N–H and O–H groups in total. The maximum absolute atomic E-state index is 11.9. The number of aliphatic hydroxyl groups is 1. The van der Waals surface area contributed by atoms with Crippen molar-refractivity contribution in [1.29, 1.82) is 0 Å². The lowest BCUT2D eigenvalue weighted by Crippen LogP contribution is -2.48. The van der Waals surface area contributed by atoms with Gasteiger partial charge >= 0.3 is 0 Å². The summed E-state index contributed by atoms with van der Waals surface area (Å²) < 4.78 is 0. The van der Waals surface area contributed by atoms with Gasteiger partial charge in [-0.2, -0.15) is 0 Å². The van der Waals surface area contributed by atoms with Crippen LogP contribution < -0.4 is 10.6 Å². The zero-order valence-corrected chi connectivity index (χ0v) is 13.0. The molecule has 5 heteroatoms. The molecule has 0 aliphatic carbocycles. The van der Waals surface area contributed by atoms with Crippen molar-refractivity contribution in [2.45, 2.75) is 39.8 Å². The van der Waals surface area contributed by atoms with Crippen molar-refractivity contribution in [3.63, 3.8) is 0 Å². The first-order valence-corrected chi connectivity index (χ1v) is 7.03. The van der Waals surface area contributed by atoms with E-state index in [9.17, 15) is 14.7 Å². The summed E-state index contributed by atoms with van der Waals surface area (Å²) in [4.78, 5) is 23.7. The lowest BCUT2D eigenvalue weighted by molar-refractivity contribution is -0.133.